The molecule has 1 aliphatic rings. The third-order valence-electron chi connectivity index (χ3n) is 5.01. The van der Waals surface area contributed by atoms with Crippen LogP contribution in [-0.2, 0) is 6.54 Å². The lowest BCUT2D eigenvalue weighted by atomic mass is 10.1. The fourth-order valence-electron chi connectivity index (χ4n) is 3.09. The van der Waals surface area contributed by atoms with Crippen LogP contribution in [0, 0.1) is 19.3 Å². The van der Waals surface area contributed by atoms with Crippen molar-refractivity contribution in [3.8, 4) is 5.75 Å². The van der Waals surface area contributed by atoms with Gasteiger partial charge in [-0.05, 0) is 38.3 Å². The Bertz CT molecular complexity index is 738. The molecule has 6 heteroatoms. The normalized spacial score (nSPS) is 14.7. The standard InChI is InChI=1S/C20H28N4O2/c1-16-4-5-18(17(2)12-16)26-11-10-23(3)19(25)22-13-20(6-7-20)14-24-9-8-21-15-24/h4-5,8-9,12,15H,6-7,10-11,13-14H2,1-3H3,(H,22,25). The van der Waals surface area contributed by atoms with E-state index < -0.39 is 0 Å². The molecule has 1 aromatic carbocycles. The van der Waals surface area contributed by atoms with Crippen LogP contribution in [0.2, 0.25) is 0 Å². The van der Waals surface area contributed by atoms with Crippen LogP contribution in [0.5, 0.6) is 5.75 Å². The minimum Gasteiger partial charge on any atom is -0.491 e. The Labute approximate surface area is 155 Å². The molecule has 0 atom stereocenters. The maximum absolute atomic E-state index is 12.3. The highest BCUT2D eigenvalue weighted by molar-refractivity contribution is 5.73. The minimum absolute atomic E-state index is 0.0499. The molecule has 0 saturated heterocycles. The maximum atomic E-state index is 12.3. The van der Waals surface area contributed by atoms with E-state index in [2.05, 4.69) is 27.9 Å². The van der Waals surface area contributed by atoms with Crippen molar-refractivity contribution in [3.05, 3.63) is 48.0 Å². The van der Waals surface area contributed by atoms with Crippen molar-refractivity contribution in [2.24, 2.45) is 5.41 Å². The van der Waals surface area contributed by atoms with Crippen molar-refractivity contribution in [1.29, 1.82) is 0 Å². The van der Waals surface area contributed by atoms with Gasteiger partial charge in [-0.3, -0.25) is 0 Å². The van der Waals surface area contributed by atoms with Crippen LogP contribution in [0.1, 0.15) is 24.0 Å². The van der Waals surface area contributed by atoms with Crippen LogP contribution in [0.3, 0.4) is 0 Å². The highest BCUT2D eigenvalue weighted by Gasteiger charge is 2.43. The SMILES string of the molecule is Cc1ccc(OCCN(C)C(=O)NCC2(Cn3ccnc3)CC2)c(C)c1. The highest BCUT2D eigenvalue weighted by Crippen LogP contribution is 2.46. The van der Waals surface area contributed by atoms with E-state index in [9.17, 15) is 4.79 Å². The Morgan fingerprint density at radius 2 is 2.19 bits per heavy atom. The summed E-state index contributed by atoms with van der Waals surface area (Å²) < 4.78 is 7.89. The van der Waals surface area contributed by atoms with E-state index in [0.29, 0.717) is 19.7 Å². The maximum Gasteiger partial charge on any atom is 0.317 e. The predicted molar refractivity (Wildman–Crippen MR) is 101 cm³/mol. The lowest BCUT2D eigenvalue weighted by Crippen LogP contribution is -2.42. The third kappa shape index (κ3) is 4.77. The van der Waals surface area contributed by atoms with Gasteiger partial charge in [-0.2, -0.15) is 0 Å². The number of carbonyl (C=O) groups is 1. The van der Waals surface area contributed by atoms with Gasteiger partial charge in [0.15, 0.2) is 0 Å². The van der Waals surface area contributed by atoms with Crippen LogP contribution in [0.4, 0.5) is 4.79 Å². The number of nitrogens with zero attached hydrogens (tertiary/aromatic N) is 3. The number of aryl methyl sites for hydroxylation is 2. The first-order chi connectivity index (χ1) is 12.5. The largest absolute Gasteiger partial charge is 0.491 e. The first-order valence-corrected chi connectivity index (χ1v) is 9.12. The Hall–Kier alpha value is -2.50. The summed E-state index contributed by atoms with van der Waals surface area (Å²) in [5, 5.41) is 3.06. The number of imidazole rings is 1. The smallest absolute Gasteiger partial charge is 0.317 e. The number of amides is 2. The van der Waals surface area contributed by atoms with Gasteiger partial charge in [0.2, 0.25) is 0 Å². The van der Waals surface area contributed by atoms with Crippen LogP contribution in [0.25, 0.3) is 0 Å². The second-order valence-electron chi connectivity index (χ2n) is 7.43. The summed E-state index contributed by atoms with van der Waals surface area (Å²) in [7, 11) is 1.80. The second-order valence-corrected chi connectivity index (χ2v) is 7.43. The number of benzene rings is 1. The van der Waals surface area contributed by atoms with Gasteiger partial charge in [0.25, 0.3) is 0 Å². The molecule has 6 nitrogen and oxygen atoms in total. The first kappa shape index (κ1) is 18.3. The first-order valence-electron chi connectivity index (χ1n) is 9.12. The van der Waals surface area contributed by atoms with Crippen molar-refractivity contribution in [2.45, 2.75) is 33.2 Å². The average Bonchev–Trinajstić information content (AvgIpc) is 3.18. The average molecular weight is 356 g/mol. The summed E-state index contributed by atoms with van der Waals surface area (Å²) in [6.45, 7) is 6.74. The summed E-state index contributed by atoms with van der Waals surface area (Å²) in [4.78, 5) is 18.1. The summed E-state index contributed by atoms with van der Waals surface area (Å²) in [6, 6.07) is 6.07. The molecule has 0 spiro atoms. The van der Waals surface area contributed by atoms with Gasteiger partial charge < -0.3 is 19.5 Å². The number of hydrogen-bond acceptors (Lipinski definition) is 3. The lowest BCUT2D eigenvalue weighted by molar-refractivity contribution is 0.192. The number of rotatable bonds is 8. The molecule has 0 aliphatic heterocycles. The Balaban J connectivity index is 1.39. The quantitative estimate of drug-likeness (QED) is 0.791. The molecule has 1 fully saturated rings. The van der Waals surface area contributed by atoms with Crippen molar-refractivity contribution in [3.63, 3.8) is 0 Å². The molecule has 1 aliphatic carbocycles. The van der Waals surface area contributed by atoms with Crippen LogP contribution >= 0.6 is 0 Å². The minimum atomic E-state index is -0.0499. The van der Waals surface area contributed by atoms with Gasteiger partial charge >= 0.3 is 6.03 Å². The van der Waals surface area contributed by atoms with E-state index in [1.54, 1.807) is 18.1 Å². The van der Waals surface area contributed by atoms with Crippen LogP contribution in [-0.4, -0.2) is 47.2 Å². The van der Waals surface area contributed by atoms with Crippen LogP contribution < -0.4 is 10.1 Å². The lowest BCUT2D eigenvalue weighted by Gasteiger charge is -2.22. The van der Waals surface area contributed by atoms with E-state index in [1.807, 2.05) is 31.6 Å². The number of carbonyl (C=O) groups excluding carboxylic acids is 1. The summed E-state index contributed by atoms with van der Waals surface area (Å²) in [5.41, 5.74) is 2.52. The Kier molecular flexibility index (Phi) is 5.49. The molecule has 0 bridgehead atoms. The van der Waals surface area contributed by atoms with Gasteiger partial charge in [-0.25, -0.2) is 9.78 Å². The van der Waals surface area contributed by atoms with E-state index >= 15 is 0 Å². The number of likely N-dealkylation sites (N-methyl/N-ethyl adjacent to an activating group) is 1. The van der Waals surface area contributed by atoms with Crippen LogP contribution in [0.15, 0.2) is 36.9 Å². The van der Waals surface area contributed by atoms with Gasteiger partial charge in [0, 0.05) is 37.9 Å². The predicted octanol–water partition coefficient (Wildman–Crippen LogP) is 3.00. The number of ether oxygens (including phenoxy) is 1. The molecule has 26 heavy (non-hydrogen) atoms. The molecule has 1 aromatic heterocycles. The Morgan fingerprint density at radius 3 is 2.85 bits per heavy atom. The zero-order chi connectivity index (χ0) is 18.6. The van der Waals surface area contributed by atoms with E-state index in [4.69, 9.17) is 4.74 Å². The fraction of sp³-hybridized carbons (Fsp3) is 0.500. The summed E-state index contributed by atoms with van der Waals surface area (Å²) in [6.07, 6.45) is 7.88. The van der Waals surface area contributed by atoms with Gasteiger partial charge in [0.1, 0.15) is 12.4 Å². The summed E-state index contributed by atoms with van der Waals surface area (Å²) in [5.74, 6) is 0.877. The molecule has 0 radical (unpaired) electrons. The Morgan fingerprint density at radius 1 is 1.38 bits per heavy atom. The molecular formula is C20H28N4O2. The third-order valence-corrected chi connectivity index (χ3v) is 5.01. The molecule has 1 N–H and O–H groups in total. The zero-order valence-electron chi connectivity index (χ0n) is 15.9. The van der Waals surface area contributed by atoms with Gasteiger partial charge in [-0.1, -0.05) is 17.7 Å². The number of nitrogens with one attached hydrogen (secondary N) is 1. The molecule has 140 valence electrons. The second kappa shape index (κ2) is 7.81. The topological polar surface area (TPSA) is 59.4 Å². The monoisotopic (exact) mass is 356 g/mol. The number of aromatic nitrogens is 2. The molecule has 0 unspecified atom stereocenters. The molecule has 1 heterocycles. The zero-order valence-corrected chi connectivity index (χ0v) is 15.9. The van der Waals surface area contributed by atoms with Gasteiger partial charge in [0.05, 0.1) is 12.9 Å². The number of urea groups is 1. The van der Waals surface area contributed by atoms with E-state index in [-0.39, 0.29) is 11.4 Å². The van der Waals surface area contributed by atoms with E-state index in [1.165, 1.54) is 5.56 Å². The van der Waals surface area contributed by atoms with Gasteiger partial charge in [-0.15, -0.1) is 0 Å². The molecular weight excluding hydrogens is 328 g/mol. The highest BCUT2D eigenvalue weighted by atomic mass is 16.5. The molecule has 1 saturated carbocycles. The van der Waals surface area contributed by atoms with E-state index in [0.717, 1.165) is 30.7 Å². The van der Waals surface area contributed by atoms with Crippen molar-refractivity contribution in [2.75, 3.05) is 26.7 Å². The van der Waals surface area contributed by atoms with Crippen molar-refractivity contribution in [1.82, 2.24) is 19.8 Å². The molecule has 2 aromatic rings. The van der Waals surface area contributed by atoms with Crippen molar-refractivity contribution < 1.29 is 9.53 Å². The molecule has 2 amide bonds. The molecule has 3 rings (SSSR count). The van der Waals surface area contributed by atoms with Crippen molar-refractivity contribution >= 4 is 6.03 Å². The fourth-order valence-corrected chi connectivity index (χ4v) is 3.09. The number of hydrogen-bond donors (Lipinski definition) is 1. The summed E-state index contributed by atoms with van der Waals surface area (Å²) >= 11 is 0.